The number of aromatic nitrogens is 1. The lowest BCUT2D eigenvalue weighted by molar-refractivity contribution is 0.0699. The summed E-state index contributed by atoms with van der Waals surface area (Å²) in [6, 6.07) is 8.94. The number of benzene rings is 1. The molecule has 0 spiro atoms. The second-order valence-corrected chi connectivity index (χ2v) is 6.01. The van der Waals surface area contributed by atoms with Crippen LogP contribution in [0.1, 0.15) is 15.9 Å². The lowest BCUT2D eigenvalue weighted by atomic mass is 10.0. The highest BCUT2D eigenvalue weighted by Crippen LogP contribution is 2.31. The Morgan fingerprint density at radius 1 is 1.35 bits per heavy atom. The standard InChI is InChI=1S/C15H10ClNO2S/c1-8-3-2-4-10-11(15(18)19)6-12(17-14(8)10)9-5-13(16)20-7-9/h2-7H,1H3,(H,18,19). The van der Waals surface area contributed by atoms with Gasteiger partial charge in [-0.25, -0.2) is 9.78 Å². The maximum atomic E-state index is 11.5. The van der Waals surface area contributed by atoms with E-state index in [0.29, 0.717) is 20.9 Å². The first-order valence-corrected chi connectivity index (χ1v) is 7.20. The van der Waals surface area contributed by atoms with Crippen molar-refractivity contribution in [2.45, 2.75) is 6.92 Å². The minimum atomic E-state index is -0.953. The summed E-state index contributed by atoms with van der Waals surface area (Å²) in [5.41, 5.74) is 3.40. The fraction of sp³-hybridized carbons (Fsp3) is 0.0667. The van der Waals surface area contributed by atoms with Gasteiger partial charge < -0.3 is 5.11 Å². The van der Waals surface area contributed by atoms with Crippen LogP contribution in [0.25, 0.3) is 22.2 Å². The molecule has 0 aliphatic rings. The molecule has 3 nitrogen and oxygen atoms in total. The lowest BCUT2D eigenvalue weighted by Gasteiger charge is -2.07. The van der Waals surface area contributed by atoms with E-state index in [4.69, 9.17) is 11.6 Å². The highest BCUT2D eigenvalue weighted by molar-refractivity contribution is 7.14. The SMILES string of the molecule is Cc1cccc2c(C(=O)O)cc(-c3csc(Cl)c3)nc12. The molecular weight excluding hydrogens is 294 g/mol. The zero-order chi connectivity index (χ0) is 14.3. The maximum Gasteiger partial charge on any atom is 0.336 e. The van der Waals surface area contributed by atoms with Crippen LogP contribution in [0.3, 0.4) is 0 Å². The van der Waals surface area contributed by atoms with Crippen molar-refractivity contribution < 1.29 is 9.90 Å². The molecule has 0 saturated carbocycles. The average molecular weight is 304 g/mol. The average Bonchev–Trinajstić information content (AvgIpc) is 2.85. The second-order valence-electron chi connectivity index (χ2n) is 4.47. The van der Waals surface area contributed by atoms with E-state index in [1.54, 1.807) is 18.2 Å². The smallest absolute Gasteiger partial charge is 0.336 e. The van der Waals surface area contributed by atoms with E-state index in [2.05, 4.69) is 4.98 Å². The molecule has 1 aromatic carbocycles. The summed E-state index contributed by atoms with van der Waals surface area (Å²) in [5.74, 6) is -0.953. The summed E-state index contributed by atoms with van der Waals surface area (Å²) in [6.45, 7) is 1.92. The monoisotopic (exact) mass is 303 g/mol. The van der Waals surface area contributed by atoms with E-state index in [-0.39, 0.29) is 5.56 Å². The number of carboxylic acids is 1. The third kappa shape index (κ3) is 2.17. The van der Waals surface area contributed by atoms with Crippen LogP contribution < -0.4 is 0 Å². The Kier molecular flexibility index (Phi) is 3.20. The Morgan fingerprint density at radius 3 is 2.80 bits per heavy atom. The van der Waals surface area contributed by atoms with Crippen LogP contribution in [0.4, 0.5) is 0 Å². The molecule has 1 N–H and O–H groups in total. The van der Waals surface area contributed by atoms with Crippen molar-refractivity contribution in [3.8, 4) is 11.3 Å². The Labute approximate surface area is 124 Å². The fourth-order valence-corrected chi connectivity index (χ4v) is 3.04. The zero-order valence-electron chi connectivity index (χ0n) is 10.6. The molecule has 0 aliphatic heterocycles. The molecule has 0 amide bonds. The van der Waals surface area contributed by atoms with Crippen molar-refractivity contribution >= 4 is 39.8 Å². The number of carbonyl (C=O) groups is 1. The predicted octanol–water partition coefficient (Wildman–Crippen LogP) is 4.62. The Bertz CT molecular complexity index is 826. The number of aryl methyl sites for hydroxylation is 1. The lowest BCUT2D eigenvalue weighted by Crippen LogP contribution is -2.00. The Balaban J connectivity index is 2.35. The van der Waals surface area contributed by atoms with Gasteiger partial charge in [0.1, 0.15) is 0 Å². The number of nitrogens with zero attached hydrogens (tertiary/aromatic N) is 1. The zero-order valence-corrected chi connectivity index (χ0v) is 12.1. The molecule has 0 saturated heterocycles. The summed E-state index contributed by atoms with van der Waals surface area (Å²) in [6.07, 6.45) is 0. The topological polar surface area (TPSA) is 50.2 Å². The first-order chi connectivity index (χ1) is 9.56. The van der Waals surface area contributed by atoms with Gasteiger partial charge in [0.05, 0.1) is 21.1 Å². The molecule has 5 heteroatoms. The van der Waals surface area contributed by atoms with Gasteiger partial charge in [-0.15, -0.1) is 11.3 Å². The summed E-state index contributed by atoms with van der Waals surface area (Å²) in [4.78, 5) is 16.0. The number of thiophene rings is 1. The van der Waals surface area contributed by atoms with E-state index in [0.717, 1.165) is 11.1 Å². The van der Waals surface area contributed by atoms with Crippen LogP contribution in [-0.2, 0) is 0 Å². The van der Waals surface area contributed by atoms with Crippen LogP contribution in [0, 0.1) is 6.92 Å². The van der Waals surface area contributed by atoms with Crippen molar-refractivity contribution in [2.24, 2.45) is 0 Å². The van der Waals surface area contributed by atoms with Gasteiger partial charge in [-0.2, -0.15) is 0 Å². The number of hydrogen-bond acceptors (Lipinski definition) is 3. The first kappa shape index (κ1) is 13.1. The molecule has 0 fully saturated rings. The normalized spacial score (nSPS) is 10.9. The molecular formula is C15H10ClNO2S. The molecule has 20 heavy (non-hydrogen) atoms. The quantitative estimate of drug-likeness (QED) is 0.751. The van der Waals surface area contributed by atoms with Gasteiger partial charge in [-0.3, -0.25) is 0 Å². The summed E-state index contributed by atoms with van der Waals surface area (Å²) in [7, 11) is 0. The number of hydrogen-bond donors (Lipinski definition) is 1. The Hall–Kier alpha value is -1.91. The van der Waals surface area contributed by atoms with E-state index in [1.165, 1.54) is 11.3 Å². The van der Waals surface area contributed by atoms with Gasteiger partial charge in [0, 0.05) is 16.3 Å². The minimum absolute atomic E-state index is 0.260. The first-order valence-electron chi connectivity index (χ1n) is 5.94. The van der Waals surface area contributed by atoms with Crippen molar-refractivity contribution in [3.05, 3.63) is 51.2 Å². The highest BCUT2D eigenvalue weighted by Gasteiger charge is 2.14. The van der Waals surface area contributed by atoms with Crippen LogP contribution in [0.15, 0.2) is 35.7 Å². The van der Waals surface area contributed by atoms with E-state index in [9.17, 15) is 9.90 Å². The molecule has 0 aliphatic carbocycles. The van der Waals surface area contributed by atoms with Crippen molar-refractivity contribution in [3.63, 3.8) is 0 Å². The van der Waals surface area contributed by atoms with Crippen LogP contribution >= 0.6 is 22.9 Å². The number of aromatic carboxylic acids is 1. The third-order valence-corrected chi connectivity index (χ3v) is 4.23. The van der Waals surface area contributed by atoms with E-state index < -0.39 is 5.97 Å². The van der Waals surface area contributed by atoms with Gasteiger partial charge in [0.2, 0.25) is 0 Å². The second kappa shape index (κ2) is 4.89. The van der Waals surface area contributed by atoms with Crippen molar-refractivity contribution in [1.29, 1.82) is 0 Å². The summed E-state index contributed by atoms with van der Waals surface area (Å²) in [5, 5.41) is 11.9. The van der Waals surface area contributed by atoms with Gasteiger partial charge >= 0.3 is 5.97 Å². The van der Waals surface area contributed by atoms with Gasteiger partial charge in [0.15, 0.2) is 0 Å². The van der Waals surface area contributed by atoms with E-state index >= 15 is 0 Å². The molecule has 2 aromatic heterocycles. The Morgan fingerprint density at radius 2 is 2.15 bits per heavy atom. The predicted molar refractivity (Wildman–Crippen MR) is 81.8 cm³/mol. The number of rotatable bonds is 2. The van der Waals surface area contributed by atoms with E-state index in [1.807, 2.05) is 24.4 Å². The fourth-order valence-electron chi connectivity index (χ4n) is 2.16. The number of para-hydroxylation sites is 1. The molecule has 2 heterocycles. The number of carboxylic acid groups (broad SMARTS) is 1. The molecule has 0 bridgehead atoms. The van der Waals surface area contributed by atoms with Crippen LogP contribution in [0.2, 0.25) is 4.34 Å². The third-order valence-electron chi connectivity index (χ3n) is 3.13. The van der Waals surface area contributed by atoms with Crippen LogP contribution in [-0.4, -0.2) is 16.1 Å². The number of pyridine rings is 1. The highest BCUT2D eigenvalue weighted by atomic mass is 35.5. The molecule has 0 atom stereocenters. The molecule has 100 valence electrons. The van der Waals surface area contributed by atoms with Crippen LogP contribution in [0.5, 0.6) is 0 Å². The van der Waals surface area contributed by atoms with Crippen molar-refractivity contribution in [1.82, 2.24) is 4.98 Å². The molecule has 0 unspecified atom stereocenters. The number of fused-ring (bicyclic) bond motifs is 1. The largest absolute Gasteiger partial charge is 0.478 e. The minimum Gasteiger partial charge on any atom is -0.478 e. The molecule has 3 aromatic rings. The van der Waals surface area contributed by atoms with Crippen molar-refractivity contribution in [2.75, 3.05) is 0 Å². The summed E-state index contributed by atoms with van der Waals surface area (Å²) < 4.78 is 0.656. The van der Waals surface area contributed by atoms with Gasteiger partial charge in [0.25, 0.3) is 0 Å². The maximum absolute atomic E-state index is 11.5. The number of halogens is 1. The molecule has 3 rings (SSSR count). The summed E-state index contributed by atoms with van der Waals surface area (Å²) >= 11 is 7.34. The molecule has 0 radical (unpaired) electrons. The van der Waals surface area contributed by atoms with Gasteiger partial charge in [-0.1, -0.05) is 29.8 Å². The van der Waals surface area contributed by atoms with Gasteiger partial charge in [-0.05, 0) is 24.6 Å².